The second kappa shape index (κ2) is 10.4. The molecule has 7 nitrogen and oxygen atoms in total. The maximum Gasteiger partial charge on any atom is 0.290 e. The standard InChI is InChI=1S/C27H29N3O4S/c1-4-29(5-2)15-16-30-22(18-11-13-20(31)14-12-18)21(24(33)27(30)34)23(32)25-17(3)28-26(35-25)19-9-7-6-8-10-19/h6-14,22,31,33H,4-5,15-16H2,1-3H3. The monoisotopic (exact) mass is 491 g/mol. The molecule has 0 spiro atoms. The van der Waals surface area contributed by atoms with Crippen molar-refractivity contribution >= 4 is 23.0 Å². The number of phenolic OH excluding ortho intramolecular Hbond substituents is 1. The van der Waals surface area contributed by atoms with Crippen molar-refractivity contribution in [3.63, 3.8) is 0 Å². The van der Waals surface area contributed by atoms with Crippen LogP contribution in [-0.4, -0.2) is 62.9 Å². The van der Waals surface area contributed by atoms with Gasteiger partial charge in [-0.2, -0.15) is 0 Å². The number of thiazole rings is 1. The first-order chi connectivity index (χ1) is 16.8. The first kappa shape index (κ1) is 24.6. The van der Waals surface area contributed by atoms with E-state index >= 15 is 0 Å². The molecule has 2 aromatic carbocycles. The first-order valence-electron chi connectivity index (χ1n) is 11.7. The van der Waals surface area contributed by atoms with E-state index in [0.29, 0.717) is 34.2 Å². The van der Waals surface area contributed by atoms with Gasteiger partial charge in [-0.25, -0.2) is 4.98 Å². The maximum absolute atomic E-state index is 13.8. The Bertz CT molecular complexity index is 1250. The molecule has 1 aromatic heterocycles. The van der Waals surface area contributed by atoms with Gasteiger partial charge in [0, 0.05) is 18.7 Å². The molecule has 4 rings (SSSR count). The summed E-state index contributed by atoms with van der Waals surface area (Å²) in [5.74, 6) is -1.41. The van der Waals surface area contributed by atoms with E-state index in [0.717, 1.165) is 18.7 Å². The quantitative estimate of drug-likeness (QED) is 0.420. The van der Waals surface area contributed by atoms with Crippen LogP contribution in [-0.2, 0) is 4.79 Å². The second-order valence-electron chi connectivity index (χ2n) is 8.41. The van der Waals surface area contributed by atoms with Crippen LogP contribution in [0.1, 0.15) is 40.8 Å². The molecule has 0 fully saturated rings. The summed E-state index contributed by atoms with van der Waals surface area (Å²) in [5, 5.41) is 21.4. The predicted octanol–water partition coefficient (Wildman–Crippen LogP) is 4.74. The molecule has 1 atom stereocenters. The Morgan fingerprint density at radius 1 is 1.06 bits per heavy atom. The van der Waals surface area contributed by atoms with Gasteiger partial charge in [-0.3, -0.25) is 9.59 Å². The molecule has 3 aromatic rings. The van der Waals surface area contributed by atoms with E-state index < -0.39 is 23.5 Å². The number of aromatic hydroxyl groups is 1. The molecular formula is C27H29N3O4S. The van der Waals surface area contributed by atoms with Crippen molar-refractivity contribution in [1.29, 1.82) is 0 Å². The van der Waals surface area contributed by atoms with Crippen LogP contribution in [0.15, 0.2) is 65.9 Å². The molecule has 1 unspecified atom stereocenters. The number of carbonyl (C=O) groups excluding carboxylic acids is 2. The summed E-state index contributed by atoms with van der Waals surface area (Å²) in [4.78, 5) is 35.7. The minimum absolute atomic E-state index is 0.0478. The highest BCUT2D eigenvalue weighted by molar-refractivity contribution is 7.17. The minimum Gasteiger partial charge on any atom is -0.508 e. The molecule has 0 bridgehead atoms. The third-order valence-corrected chi connectivity index (χ3v) is 7.54. The molecule has 2 heterocycles. The fourth-order valence-electron chi connectivity index (χ4n) is 4.34. The Morgan fingerprint density at radius 3 is 2.34 bits per heavy atom. The van der Waals surface area contributed by atoms with Crippen LogP contribution >= 0.6 is 11.3 Å². The van der Waals surface area contributed by atoms with Crippen LogP contribution in [0, 0.1) is 6.92 Å². The summed E-state index contributed by atoms with van der Waals surface area (Å²) in [7, 11) is 0. The molecule has 1 aliphatic rings. The number of benzene rings is 2. The number of Topliss-reactive ketones (excluding diaryl/α,β-unsaturated/α-hetero) is 1. The number of aryl methyl sites for hydroxylation is 1. The second-order valence-corrected chi connectivity index (χ2v) is 9.41. The van der Waals surface area contributed by atoms with E-state index in [-0.39, 0.29) is 11.3 Å². The number of rotatable bonds is 9. The summed E-state index contributed by atoms with van der Waals surface area (Å²) >= 11 is 1.25. The molecule has 1 amide bonds. The van der Waals surface area contributed by atoms with Crippen molar-refractivity contribution in [2.75, 3.05) is 26.2 Å². The fourth-order valence-corrected chi connectivity index (χ4v) is 5.37. The van der Waals surface area contributed by atoms with Gasteiger partial charge in [-0.15, -0.1) is 11.3 Å². The number of aliphatic hydroxyl groups is 1. The number of ketones is 1. The van der Waals surface area contributed by atoms with Gasteiger partial charge in [0.25, 0.3) is 5.91 Å². The Balaban J connectivity index is 1.74. The Morgan fingerprint density at radius 2 is 1.71 bits per heavy atom. The number of carbonyl (C=O) groups is 2. The largest absolute Gasteiger partial charge is 0.508 e. The van der Waals surface area contributed by atoms with Crippen molar-refractivity contribution in [2.24, 2.45) is 0 Å². The highest BCUT2D eigenvalue weighted by Gasteiger charge is 2.44. The van der Waals surface area contributed by atoms with Gasteiger partial charge >= 0.3 is 0 Å². The zero-order valence-corrected chi connectivity index (χ0v) is 20.9. The SMILES string of the molecule is CCN(CC)CCN1C(=O)C(O)=C(C(=O)c2sc(-c3ccccc3)nc2C)C1c1ccc(O)cc1. The molecule has 0 radical (unpaired) electrons. The lowest BCUT2D eigenvalue weighted by Crippen LogP contribution is -2.38. The normalized spacial score (nSPS) is 15.9. The van der Waals surface area contributed by atoms with E-state index in [9.17, 15) is 19.8 Å². The van der Waals surface area contributed by atoms with Gasteiger partial charge in [-0.05, 0) is 37.7 Å². The van der Waals surface area contributed by atoms with Gasteiger partial charge in [0.1, 0.15) is 10.8 Å². The third-order valence-electron chi connectivity index (χ3n) is 6.33. The van der Waals surface area contributed by atoms with E-state index in [2.05, 4.69) is 9.88 Å². The van der Waals surface area contributed by atoms with E-state index in [1.54, 1.807) is 24.0 Å². The number of amides is 1. The lowest BCUT2D eigenvalue weighted by Gasteiger charge is -2.29. The smallest absolute Gasteiger partial charge is 0.290 e. The summed E-state index contributed by atoms with van der Waals surface area (Å²) < 4.78 is 0. The number of phenols is 1. The summed E-state index contributed by atoms with van der Waals surface area (Å²) in [6, 6.07) is 15.2. The molecule has 1 aliphatic heterocycles. The lowest BCUT2D eigenvalue weighted by atomic mass is 9.95. The highest BCUT2D eigenvalue weighted by atomic mass is 32.1. The van der Waals surface area contributed by atoms with Crippen LogP contribution in [0.4, 0.5) is 0 Å². The van der Waals surface area contributed by atoms with Crippen LogP contribution in [0.25, 0.3) is 10.6 Å². The van der Waals surface area contributed by atoms with Crippen molar-refractivity contribution in [2.45, 2.75) is 26.8 Å². The van der Waals surface area contributed by atoms with E-state index in [4.69, 9.17) is 0 Å². The summed E-state index contributed by atoms with van der Waals surface area (Å²) in [6.45, 7) is 8.48. The molecule has 0 saturated carbocycles. The molecule has 182 valence electrons. The number of aliphatic hydroxyl groups excluding tert-OH is 1. The van der Waals surface area contributed by atoms with Crippen LogP contribution < -0.4 is 0 Å². The van der Waals surface area contributed by atoms with Crippen molar-refractivity contribution in [1.82, 2.24) is 14.8 Å². The van der Waals surface area contributed by atoms with E-state index in [1.807, 2.05) is 44.2 Å². The molecule has 0 aliphatic carbocycles. The average molecular weight is 492 g/mol. The molecular weight excluding hydrogens is 462 g/mol. The zero-order valence-electron chi connectivity index (χ0n) is 20.1. The number of likely N-dealkylation sites (N-methyl/N-ethyl adjacent to an activating group) is 1. The molecule has 2 N–H and O–H groups in total. The predicted molar refractivity (Wildman–Crippen MR) is 137 cm³/mol. The van der Waals surface area contributed by atoms with Gasteiger partial charge in [0.05, 0.1) is 22.2 Å². The van der Waals surface area contributed by atoms with E-state index in [1.165, 1.54) is 23.5 Å². The first-order valence-corrected chi connectivity index (χ1v) is 12.5. The van der Waals surface area contributed by atoms with Crippen molar-refractivity contribution in [3.8, 4) is 16.3 Å². The molecule has 35 heavy (non-hydrogen) atoms. The summed E-state index contributed by atoms with van der Waals surface area (Å²) in [6.07, 6.45) is 0. The fraction of sp³-hybridized carbons (Fsp3) is 0.296. The van der Waals surface area contributed by atoms with Crippen LogP contribution in [0.3, 0.4) is 0 Å². The van der Waals surface area contributed by atoms with Gasteiger partial charge in [0.2, 0.25) is 5.78 Å². The van der Waals surface area contributed by atoms with Crippen molar-refractivity contribution in [3.05, 3.63) is 82.1 Å². The Labute approximate surface area is 209 Å². The maximum atomic E-state index is 13.8. The van der Waals surface area contributed by atoms with Gasteiger partial charge in [-0.1, -0.05) is 56.3 Å². The van der Waals surface area contributed by atoms with Crippen LogP contribution in [0.2, 0.25) is 0 Å². The topological polar surface area (TPSA) is 94.0 Å². The minimum atomic E-state index is -0.757. The molecule has 8 heteroatoms. The number of aromatic nitrogens is 1. The lowest BCUT2D eigenvalue weighted by molar-refractivity contribution is -0.129. The number of nitrogens with zero attached hydrogens (tertiary/aromatic N) is 3. The third kappa shape index (κ3) is 4.85. The van der Waals surface area contributed by atoms with Gasteiger partial charge in [0.15, 0.2) is 5.76 Å². The number of hydrogen-bond donors (Lipinski definition) is 2. The Hall–Kier alpha value is -3.49. The van der Waals surface area contributed by atoms with Crippen LogP contribution in [0.5, 0.6) is 5.75 Å². The Kier molecular flexibility index (Phi) is 7.33. The average Bonchev–Trinajstić information content (AvgIpc) is 3.38. The number of hydrogen-bond acceptors (Lipinski definition) is 7. The van der Waals surface area contributed by atoms with Gasteiger partial charge < -0.3 is 20.0 Å². The van der Waals surface area contributed by atoms with Crippen molar-refractivity contribution < 1.29 is 19.8 Å². The summed E-state index contributed by atoms with van der Waals surface area (Å²) in [5.41, 5.74) is 2.15. The molecule has 0 saturated heterocycles. The zero-order chi connectivity index (χ0) is 25.1. The highest BCUT2D eigenvalue weighted by Crippen LogP contribution is 2.41.